The monoisotopic (exact) mass is 256 g/mol. The van der Waals surface area contributed by atoms with Crippen LogP contribution in [-0.2, 0) is 9.59 Å². The van der Waals surface area contributed by atoms with Gasteiger partial charge in [-0.1, -0.05) is 11.6 Å². The molecule has 0 spiro atoms. The topological polar surface area (TPSA) is 83.6 Å². The predicted molar refractivity (Wildman–Crippen MR) is 65.1 cm³/mol. The third-order valence-corrected chi connectivity index (χ3v) is 2.34. The number of nitrogens with two attached hydrogens (primary N) is 1. The van der Waals surface area contributed by atoms with E-state index in [0.717, 1.165) is 4.90 Å². The lowest BCUT2D eigenvalue weighted by atomic mass is 10.2. The minimum atomic E-state index is -1.10. The fourth-order valence-corrected chi connectivity index (χ4v) is 1.42. The highest BCUT2D eigenvalue weighted by atomic mass is 35.5. The molecule has 0 fully saturated rings. The number of amides is 1. The first-order valence-electron chi connectivity index (χ1n) is 4.96. The van der Waals surface area contributed by atoms with Crippen LogP contribution < -0.4 is 10.6 Å². The maximum atomic E-state index is 11.8. The van der Waals surface area contributed by atoms with E-state index >= 15 is 0 Å². The normalized spacial score (nSPS) is 11.9. The molecule has 0 saturated heterocycles. The summed E-state index contributed by atoms with van der Waals surface area (Å²) in [5, 5.41) is 9.28. The molecule has 1 aromatic carbocycles. The Hall–Kier alpha value is -1.59. The van der Waals surface area contributed by atoms with Gasteiger partial charge in [-0.3, -0.25) is 14.5 Å². The van der Waals surface area contributed by atoms with Crippen molar-refractivity contribution in [3.8, 4) is 0 Å². The van der Waals surface area contributed by atoms with Crippen molar-refractivity contribution in [1.82, 2.24) is 0 Å². The number of carboxylic acids is 1. The summed E-state index contributed by atoms with van der Waals surface area (Å²) in [6.07, 6.45) is 0. The van der Waals surface area contributed by atoms with Crippen molar-refractivity contribution in [3.63, 3.8) is 0 Å². The van der Waals surface area contributed by atoms with Crippen molar-refractivity contribution in [1.29, 1.82) is 0 Å². The lowest BCUT2D eigenvalue weighted by molar-refractivity contribution is -0.136. The van der Waals surface area contributed by atoms with Crippen LogP contribution in [0.4, 0.5) is 5.69 Å². The minimum Gasteiger partial charge on any atom is -0.480 e. The van der Waals surface area contributed by atoms with Crippen LogP contribution in [0.5, 0.6) is 0 Å². The van der Waals surface area contributed by atoms with Gasteiger partial charge in [0.1, 0.15) is 6.54 Å². The second kappa shape index (κ2) is 5.65. The van der Waals surface area contributed by atoms with Gasteiger partial charge in [0.05, 0.1) is 6.04 Å². The van der Waals surface area contributed by atoms with Gasteiger partial charge in [-0.2, -0.15) is 0 Å². The molecule has 0 heterocycles. The van der Waals surface area contributed by atoms with E-state index in [4.69, 9.17) is 22.4 Å². The number of halogens is 1. The second-order valence-corrected chi connectivity index (χ2v) is 4.02. The molecule has 1 aromatic rings. The van der Waals surface area contributed by atoms with Crippen LogP contribution in [-0.4, -0.2) is 29.6 Å². The second-order valence-electron chi connectivity index (χ2n) is 3.58. The molecule has 0 aromatic heterocycles. The average Bonchev–Trinajstić information content (AvgIpc) is 2.26. The molecule has 6 heteroatoms. The molecular formula is C11H13ClN2O3. The molecule has 5 nitrogen and oxygen atoms in total. The Balaban J connectivity index is 3.01. The van der Waals surface area contributed by atoms with Crippen LogP contribution in [0, 0.1) is 0 Å². The van der Waals surface area contributed by atoms with Crippen molar-refractivity contribution >= 4 is 29.2 Å². The molecule has 3 N–H and O–H groups in total. The molecule has 0 aliphatic heterocycles. The summed E-state index contributed by atoms with van der Waals surface area (Å²) in [6.45, 7) is 1.08. The number of carbonyl (C=O) groups is 2. The molecule has 17 heavy (non-hydrogen) atoms. The van der Waals surface area contributed by atoms with Crippen molar-refractivity contribution in [3.05, 3.63) is 29.3 Å². The van der Waals surface area contributed by atoms with Crippen molar-refractivity contribution in [2.24, 2.45) is 5.73 Å². The highest BCUT2D eigenvalue weighted by molar-refractivity contribution is 6.30. The quantitative estimate of drug-likeness (QED) is 0.845. The van der Waals surface area contributed by atoms with Crippen molar-refractivity contribution < 1.29 is 14.7 Å². The van der Waals surface area contributed by atoms with Crippen LogP contribution in [0.3, 0.4) is 0 Å². The van der Waals surface area contributed by atoms with Crippen LogP contribution in [0.25, 0.3) is 0 Å². The molecular weight excluding hydrogens is 244 g/mol. The third-order valence-electron chi connectivity index (χ3n) is 2.09. The van der Waals surface area contributed by atoms with E-state index in [1.807, 2.05) is 0 Å². The highest BCUT2D eigenvalue weighted by Crippen LogP contribution is 2.18. The van der Waals surface area contributed by atoms with Gasteiger partial charge >= 0.3 is 5.97 Å². The Morgan fingerprint density at radius 2 is 1.94 bits per heavy atom. The van der Waals surface area contributed by atoms with Crippen LogP contribution in [0.15, 0.2) is 24.3 Å². The number of rotatable bonds is 4. The van der Waals surface area contributed by atoms with E-state index in [1.165, 1.54) is 6.92 Å². The summed E-state index contributed by atoms with van der Waals surface area (Å²) < 4.78 is 0. The number of carboxylic acid groups (broad SMARTS) is 1. The number of hydrogen-bond acceptors (Lipinski definition) is 3. The zero-order valence-corrected chi connectivity index (χ0v) is 10.0. The zero-order chi connectivity index (χ0) is 13.0. The largest absolute Gasteiger partial charge is 0.480 e. The van der Waals surface area contributed by atoms with Gasteiger partial charge in [0, 0.05) is 10.7 Å². The number of aliphatic carboxylic acids is 1. The first-order valence-corrected chi connectivity index (χ1v) is 5.34. The Kier molecular flexibility index (Phi) is 4.48. The Morgan fingerprint density at radius 1 is 1.41 bits per heavy atom. The Labute approximate surface area is 104 Å². The predicted octanol–water partition coefficient (Wildman–Crippen LogP) is 1.10. The van der Waals surface area contributed by atoms with E-state index in [9.17, 15) is 9.59 Å². The van der Waals surface area contributed by atoms with Crippen molar-refractivity contribution in [2.75, 3.05) is 11.4 Å². The number of benzene rings is 1. The minimum absolute atomic E-state index is 0.429. The van der Waals surface area contributed by atoms with Crippen LogP contribution in [0.1, 0.15) is 6.92 Å². The number of nitrogens with zero attached hydrogens (tertiary/aromatic N) is 1. The van der Waals surface area contributed by atoms with E-state index < -0.39 is 24.5 Å². The molecule has 92 valence electrons. The molecule has 0 saturated carbocycles. The smallest absolute Gasteiger partial charge is 0.323 e. The Morgan fingerprint density at radius 3 is 2.35 bits per heavy atom. The third kappa shape index (κ3) is 3.72. The van der Waals surface area contributed by atoms with Gasteiger partial charge in [0.15, 0.2) is 0 Å². The SMILES string of the molecule is C[C@H](N)C(=O)N(CC(=O)O)c1ccc(Cl)cc1. The van der Waals surface area contributed by atoms with Gasteiger partial charge in [-0.25, -0.2) is 0 Å². The maximum absolute atomic E-state index is 11.8. The van der Waals surface area contributed by atoms with Gasteiger partial charge in [-0.05, 0) is 31.2 Å². The molecule has 0 radical (unpaired) electrons. The summed E-state index contributed by atoms with van der Waals surface area (Å²) in [4.78, 5) is 23.6. The van der Waals surface area contributed by atoms with E-state index in [-0.39, 0.29) is 0 Å². The van der Waals surface area contributed by atoms with E-state index in [1.54, 1.807) is 24.3 Å². The van der Waals surface area contributed by atoms with Crippen LogP contribution in [0.2, 0.25) is 5.02 Å². The fraction of sp³-hybridized carbons (Fsp3) is 0.273. The van der Waals surface area contributed by atoms with Gasteiger partial charge < -0.3 is 10.8 Å². The van der Waals surface area contributed by atoms with Crippen LogP contribution >= 0.6 is 11.6 Å². The standard InChI is InChI=1S/C11H13ClN2O3/c1-7(13)11(17)14(6-10(15)16)9-4-2-8(12)3-5-9/h2-5,7H,6,13H2,1H3,(H,15,16)/t7-/m0/s1. The average molecular weight is 257 g/mol. The molecule has 0 unspecified atom stereocenters. The van der Waals surface area contributed by atoms with Gasteiger partial charge in [0.2, 0.25) is 5.91 Å². The van der Waals surface area contributed by atoms with E-state index in [2.05, 4.69) is 0 Å². The molecule has 0 aliphatic carbocycles. The zero-order valence-electron chi connectivity index (χ0n) is 9.26. The maximum Gasteiger partial charge on any atom is 0.323 e. The first-order chi connectivity index (χ1) is 7.91. The molecule has 1 rings (SSSR count). The lowest BCUT2D eigenvalue weighted by Gasteiger charge is -2.22. The summed E-state index contributed by atoms with van der Waals surface area (Å²) in [5.74, 6) is -1.55. The number of carbonyl (C=O) groups excluding carboxylic acids is 1. The first kappa shape index (κ1) is 13.5. The summed E-state index contributed by atoms with van der Waals surface area (Å²) in [7, 11) is 0. The number of hydrogen-bond donors (Lipinski definition) is 2. The van der Waals surface area contributed by atoms with Crippen molar-refractivity contribution in [2.45, 2.75) is 13.0 Å². The molecule has 0 aliphatic rings. The van der Waals surface area contributed by atoms with E-state index in [0.29, 0.717) is 10.7 Å². The Bertz CT molecular complexity index is 417. The summed E-state index contributed by atoms with van der Waals surface area (Å²) in [5.41, 5.74) is 5.93. The molecule has 0 bridgehead atoms. The summed E-state index contributed by atoms with van der Waals surface area (Å²) in [6, 6.07) is 5.56. The lowest BCUT2D eigenvalue weighted by Crippen LogP contribution is -2.44. The fourth-order valence-electron chi connectivity index (χ4n) is 1.30. The number of anilines is 1. The van der Waals surface area contributed by atoms with Gasteiger partial charge in [-0.15, -0.1) is 0 Å². The van der Waals surface area contributed by atoms with Gasteiger partial charge in [0.25, 0.3) is 0 Å². The highest BCUT2D eigenvalue weighted by Gasteiger charge is 2.21. The molecule has 1 amide bonds. The molecule has 1 atom stereocenters. The summed E-state index contributed by atoms with van der Waals surface area (Å²) >= 11 is 5.72.